The Morgan fingerprint density at radius 3 is 2.04 bits per heavy atom. The van der Waals surface area contributed by atoms with Gasteiger partial charge in [-0.2, -0.15) is 5.26 Å². The van der Waals surface area contributed by atoms with Crippen molar-refractivity contribution in [3.8, 4) is 11.8 Å². The highest BCUT2D eigenvalue weighted by molar-refractivity contribution is 6.14. The SMILES string of the molecule is COc1ccc(/C=C(\C#N)C(=O)N(c2ccccn2)c2ccccn2)cc1. The van der Waals surface area contributed by atoms with Crippen LogP contribution >= 0.6 is 0 Å². The number of anilines is 2. The van der Waals surface area contributed by atoms with Gasteiger partial charge in [-0.25, -0.2) is 14.9 Å². The second kappa shape index (κ2) is 8.41. The van der Waals surface area contributed by atoms with Crippen molar-refractivity contribution < 1.29 is 9.53 Å². The van der Waals surface area contributed by atoms with E-state index in [2.05, 4.69) is 9.97 Å². The molecule has 0 aliphatic carbocycles. The number of pyridine rings is 2. The summed E-state index contributed by atoms with van der Waals surface area (Å²) in [6.45, 7) is 0. The predicted octanol–water partition coefficient (Wildman–Crippen LogP) is 3.76. The lowest BCUT2D eigenvalue weighted by molar-refractivity contribution is -0.114. The second-order valence-corrected chi connectivity index (χ2v) is 5.46. The highest BCUT2D eigenvalue weighted by Crippen LogP contribution is 2.24. The summed E-state index contributed by atoms with van der Waals surface area (Å²) in [4.78, 5) is 22.9. The summed E-state index contributed by atoms with van der Waals surface area (Å²) in [6, 6.07) is 19.5. The number of nitrogens with zero attached hydrogens (tertiary/aromatic N) is 4. The average Bonchev–Trinajstić information content (AvgIpc) is 2.74. The molecule has 2 heterocycles. The molecule has 1 amide bonds. The van der Waals surface area contributed by atoms with Crippen molar-refractivity contribution in [2.75, 3.05) is 12.0 Å². The third kappa shape index (κ3) is 4.17. The highest BCUT2D eigenvalue weighted by atomic mass is 16.5. The zero-order chi connectivity index (χ0) is 19.1. The Morgan fingerprint density at radius 1 is 1.00 bits per heavy atom. The molecule has 27 heavy (non-hydrogen) atoms. The summed E-state index contributed by atoms with van der Waals surface area (Å²) in [6.07, 6.45) is 4.69. The Balaban J connectivity index is 2.01. The van der Waals surface area contributed by atoms with E-state index in [-0.39, 0.29) is 5.57 Å². The van der Waals surface area contributed by atoms with Crippen LogP contribution in [0.25, 0.3) is 6.08 Å². The van der Waals surface area contributed by atoms with E-state index >= 15 is 0 Å². The fraction of sp³-hybridized carbons (Fsp3) is 0.0476. The van der Waals surface area contributed by atoms with E-state index in [1.165, 1.54) is 11.0 Å². The largest absolute Gasteiger partial charge is 0.497 e. The van der Waals surface area contributed by atoms with E-state index in [4.69, 9.17) is 4.74 Å². The van der Waals surface area contributed by atoms with Crippen LogP contribution < -0.4 is 9.64 Å². The summed E-state index contributed by atoms with van der Waals surface area (Å²) in [5.41, 5.74) is 0.680. The van der Waals surface area contributed by atoms with E-state index in [9.17, 15) is 10.1 Å². The van der Waals surface area contributed by atoms with Gasteiger partial charge >= 0.3 is 0 Å². The Morgan fingerprint density at radius 2 is 1.59 bits per heavy atom. The molecule has 0 spiro atoms. The first-order chi connectivity index (χ1) is 13.2. The molecule has 3 rings (SSSR count). The fourth-order valence-corrected chi connectivity index (χ4v) is 2.43. The van der Waals surface area contributed by atoms with Crippen molar-refractivity contribution in [2.45, 2.75) is 0 Å². The molecule has 6 nitrogen and oxygen atoms in total. The zero-order valence-corrected chi connectivity index (χ0v) is 14.6. The van der Waals surface area contributed by atoms with Gasteiger partial charge in [0.25, 0.3) is 5.91 Å². The molecule has 0 aliphatic rings. The van der Waals surface area contributed by atoms with Crippen LogP contribution in [-0.2, 0) is 4.79 Å². The number of hydrogen-bond acceptors (Lipinski definition) is 5. The Kier molecular flexibility index (Phi) is 5.55. The number of rotatable bonds is 5. The van der Waals surface area contributed by atoms with Crippen molar-refractivity contribution in [1.29, 1.82) is 5.26 Å². The van der Waals surface area contributed by atoms with Crippen LogP contribution in [0.4, 0.5) is 11.6 Å². The molecule has 0 atom stereocenters. The number of aromatic nitrogens is 2. The van der Waals surface area contributed by atoms with Gasteiger partial charge in [-0.05, 0) is 48.0 Å². The molecule has 0 unspecified atom stereocenters. The van der Waals surface area contributed by atoms with Gasteiger partial charge in [0, 0.05) is 12.4 Å². The Hall–Kier alpha value is -3.98. The van der Waals surface area contributed by atoms with Gasteiger partial charge in [0.1, 0.15) is 29.0 Å². The molecule has 0 bridgehead atoms. The van der Waals surface area contributed by atoms with E-state index in [0.29, 0.717) is 22.9 Å². The molecule has 1 aromatic carbocycles. The Bertz CT molecular complexity index is 939. The fourth-order valence-electron chi connectivity index (χ4n) is 2.43. The summed E-state index contributed by atoms with van der Waals surface area (Å²) in [7, 11) is 1.58. The topological polar surface area (TPSA) is 79.1 Å². The van der Waals surface area contributed by atoms with Crippen LogP contribution in [0, 0.1) is 11.3 Å². The molecule has 3 aromatic rings. The summed E-state index contributed by atoms with van der Waals surface area (Å²) < 4.78 is 5.12. The van der Waals surface area contributed by atoms with Gasteiger partial charge in [-0.1, -0.05) is 24.3 Å². The van der Waals surface area contributed by atoms with Crippen molar-refractivity contribution in [3.05, 3.63) is 84.2 Å². The summed E-state index contributed by atoms with van der Waals surface area (Å²) in [5.74, 6) is 0.959. The first kappa shape index (κ1) is 17.8. The molecule has 2 aromatic heterocycles. The van der Waals surface area contributed by atoms with Crippen molar-refractivity contribution >= 4 is 23.6 Å². The van der Waals surface area contributed by atoms with Gasteiger partial charge in [-0.3, -0.25) is 4.79 Å². The monoisotopic (exact) mass is 356 g/mol. The average molecular weight is 356 g/mol. The number of amides is 1. The maximum atomic E-state index is 13.1. The van der Waals surface area contributed by atoms with E-state index in [1.807, 2.05) is 6.07 Å². The highest BCUT2D eigenvalue weighted by Gasteiger charge is 2.23. The molecule has 0 saturated heterocycles. The third-order valence-electron chi connectivity index (χ3n) is 3.74. The minimum atomic E-state index is -0.509. The smallest absolute Gasteiger partial charge is 0.275 e. The van der Waals surface area contributed by atoms with Gasteiger partial charge < -0.3 is 4.74 Å². The molecular weight excluding hydrogens is 340 g/mol. The summed E-state index contributed by atoms with van der Waals surface area (Å²) >= 11 is 0. The lowest BCUT2D eigenvalue weighted by atomic mass is 10.1. The molecule has 0 fully saturated rings. The maximum absolute atomic E-state index is 13.1. The van der Waals surface area contributed by atoms with E-state index in [1.54, 1.807) is 80.2 Å². The van der Waals surface area contributed by atoms with Gasteiger partial charge in [-0.15, -0.1) is 0 Å². The number of carbonyl (C=O) groups excluding carboxylic acids is 1. The van der Waals surface area contributed by atoms with Crippen LogP contribution in [-0.4, -0.2) is 23.0 Å². The van der Waals surface area contributed by atoms with Crippen LogP contribution in [0.1, 0.15) is 5.56 Å². The van der Waals surface area contributed by atoms with Crippen molar-refractivity contribution in [2.24, 2.45) is 0 Å². The normalized spacial score (nSPS) is 10.7. The number of nitriles is 1. The first-order valence-corrected chi connectivity index (χ1v) is 8.15. The number of carbonyl (C=O) groups is 1. The molecular formula is C21H16N4O2. The van der Waals surface area contributed by atoms with E-state index < -0.39 is 5.91 Å². The summed E-state index contributed by atoms with van der Waals surface area (Å²) in [5, 5.41) is 9.57. The van der Waals surface area contributed by atoms with Crippen LogP contribution in [0.5, 0.6) is 5.75 Å². The van der Waals surface area contributed by atoms with E-state index in [0.717, 1.165) is 0 Å². The van der Waals surface area contributed by atoms with Crippen LogP contribution in [0.2, 0.25) is 0 Å². The molecule has 0 saturated carbocycles. The predicted molar refractivity (Wildman–Crippen MR) is 102 cm³/mol. The maximum Gasteiger partial charge on any atom is 0.275 e. The lowest BCUT2D eigenvalue weighted by Crippen LogP contribution is -2.28. The third-order valence-corrected chi connectivity index (χ3v) is 3.74. The standard InChI is InChI=1S/C21H16N4O2/c1-27-18-10-8-16(9-11-18)14-17(15-22)21(26)25(19-6-2-4-12-23-19)20-7-3-5-13-24-20/h2-14H,1H3/b17-14+. The van der Waals surface area contributed by atoms with Gasteiger partial charge in [0.2, 0.25) is 0 Å². The molecule has 132 valence electrons. The number of ether oxygens (including phenoxy) is 1. The van der Waals surface area contributed by atoms with Crippen LogP contribution in [0.3, 0.4) is 0 Å². The number of benzene rings is 1. The van der Waals surface area contributed by atoms with Gasteiger partial charge in [0.05, 0.1) is 7.11 Å². The molecule has 0 N–H and O–H groups in total. The van der Waals surface area contributed by atoms with Gasteiger partial charge in [0.15, 0.2) is 0 Å². The Labute approximate surface area is 157 Å². The van der Waals surface area contributed by atoms with Crippen LogP contribution in [0.15, 0.2) is 78.6 Å². The van der Waals surface area contributed by atoms with Crippen molar-refractivity contribution in [1.82, 2.24) is 9.97 Å². The number of hydrogen-bond donors (Lipinski definition) is 0. The second-order valence-electron chi connectivity index (χ2n) is 5.46. The molecule has 0 aliphatic heterocycles. The number of methoxy groups -OCH3 is 1. The van der Waals surface area contributed by atoms with Crippen molar-refractivity contribution in [3.63, 3.8) is 0 Å². The zero-order valence-electron chi connectivity index (χ0n) is 14.6. The first-order valence-electron chi connectivity index (χ1n) is 8.15. The minimum Gasteiger partial charge on any atom is -0.497 e. The minimum absolute atomic E-state index is 0.0310. The molecule has 0 radical (unpaired) electrons. The quantitative estimate of drug-likeness (QED) is 0.514. The molecule has 6 heteroatoms. The lowest BCUT2D eigenvalue weighted by Gasteiger charge is -2.20.